The van der Waals surface area contributed by atoms with Gasteiger partial charge in [-0.1, -0.05) is 27.7 Å². The lowest BCUT2D eigenvalue weighted by molar-refractivity contribution is -0.0361. The van der Waals surface area contributed by atoms with Crippen molar-refractivity contribution < 1.29 is 10.2 Å². The van der Waals surface area contributed by atoms with Gasteiger partial charge in [-0.25, -0.2) is 0 Å². The summed E-state index contributed by atoms with van der Waals surface area (Å²) in [5.74, 6) is 0.398. The third-order valence-corrected chi connectivity index (χ3v) is 2.62. The Balaban J connectivity index is 3.02. The summed E-state index contributed by atoms with van der Waals surface area (Å²) in [6.45, 7) is 7.83. The highest BCUT2D eigenvalue weighted by molar-refractivity contribution is 5.13. The van der Waals surface area contributed by atoms with Gasteiger partial charge in [0, 0.05) is 11.8 Å². The van der Waals surface area contributed by atoms with E-state index in [1.165, 1.54) is 0 Å². The lowest BCUT2D eigenvalue weighted by Crippen LogP contribution is -2.43. The van der Waals surface area contributed by atoms with Crippen LogP contribution in [0.25, 0.3) is 0 Å². The Hall–Kier alpha value is -0.500. The van der Waals surface area contributed by atoms with Crippen LogP contribution in [-0.4, -0.2) is 16.3 Å². The van der Waals surface area contributed by atoms with E-state index in [4.69, 9.17) is 0 Å². The van der Waals surface area contributed by atoms with Gasteiger partial charge in [0.05, 0.1) is 11.9 Å². The number of hydrogen-bond acceptors (Lipinski definition) is 2. The Morgan fingerprint density at radius 1 is 1.33 bits per heavy atom. The number of aliphatic hydroxyl groups excluding tert-OH is 2. The first-order chi connectivity index (χ1) is 5.26. The third-order valence-electron chi connectivity index (χ3n) is 2.62. The molecule has 0 aliphatic heterocycles. The Morgan fingerprint density at radius 3 is 2.25 bits per heavy atom. The van der Waals surface area contributed by atoms with Crippen LogP contribution in [0.15, 0.2) is 11.8 Å². The summed E-state index contributed by atoms with van der Waals surface area (Å²) in [5.41, 5.74) is -0.534. The molecule has 0 radical (unpaired) electrons. The zero-order chi connectivity index (χ0) is 9.57. The summed E-state index contributed by atoms with van der Waals surface area (Å²) >= 11 is 0. The van der Waals surface area contributed by atoms with Gasteiger partial charge in [0.1, 0.15) is 0 Å². The number of rotatable bonds is 0. The molecular formula is C10H18O2. The van der Waals surface area contributed by atoms with E-state index in [9.17, 15) is 10.2 Å². The molecule has 12 heavy (non-hydrogen) atoms. The third kappa shape index (κ3) is 1.48. The van der Waals surface area contributed by atoms with Gasteiger partial charge in [0.2, 0.25) is 0 Å². The van der Waals surface area contributed by atoms with Crippen molar-refractivity contribution in [3.63, 3.8) is 0 Å². The summed E-state index contributed by atoms with van der Waals surface area (Å²) in [6, 6.07) is 0. The second-order valence-corrected chi connectivity index (χ2v) is 5.02. The van der Waals surface area contributed by atoms with Crippen molar-refractivity contribution in [2.45, 2.75) is 40.2 Å². The lowest BCUT2D eigenvalue weighted by atomic mass is 9.66. The fourth-order valence-electron chi connectivity index (χ4n) is 2.13. The topological polar surface area (TPSA) is 40.5 Å². The van der Waals surface area contributed by atoms with E-state index in [-0.39, 0.29) is 16.9 Å². The Morgan fingerprint density at radius 2 is 1.83 bits per heavy atom. The average molecular weight is 170 g/mol. The van der Waals surface area contributed by atoms with Gasteiger partial charge in [-0.3, -0.25) is 0 Å². The van der Waals surface area contributed by atoms with Gasteiger partial charge < -0.3 is 10.2 Å². The molecule has 1 aliphatic rings. The molecule has 2 nitrogen and oxygen atoms in total. The molecule has 0 heterocycles. The highest BCUT2D eigenvalue weighted by Gasteiger charge is 2.42. The van der Waals surface area contributed by atoms with Crippen LogP contribution in [0, 0.1) is 10.8 Å². The van der Waals surface area contributed by atoms with E-state index in [2.05, 4.69) is 0 Å². The zero-order valence-electron chi connectivity index (χ0n) is 8.26. The van der Waals surface area contributed by atoms with Gasteiger partial charge in [-0.2, -0.15) is 0 Å². The summed E-state index contributed by atoms with van der Waals surface area (Å²) in [4.78, 5) is 0. The van der Waals surface area contributed by atoms with Gasteiger partial charge in [0.15, 0.2) is 0 Å². The van der Waals surface area contributed by atoms with Crippen molar-refractivity contribution in [1.29, 1.82) is 0 Å². The molecule has 1 atom stereocenters. The number of hydrogen-bond donors (Lipinski definition) is 2. The van der Waals surface area contributed by atoms with Crippen LogP contribution < -0.4 is 0 Å². The van der Waals surface area contributed by atoms with E-state index in [0.717, 1.165) is 0 Å². The lowest BCUT2D eigenvalue weighted by Gasteiger charge is -2.43. The monoisotopic (exact) mass is 170 g/mol. The normalized spacial score (nSPS) is 32.8. The van der Waals surface area contributed by atoms with Crippen molar-refractivity contribution in [1.82, 2.24) is 0 Å². The first-order valence-electron chi connectivity index (χ1n) is 4.34. The summed E-state index contributed by atoms with van der Waals surface area (Å²) in [5, 5.41) is 19.4. The maximum Gasteiger partial charge on any atom is 0.0895 e. The molecule has 0 saturated heterocycles. The van der Waals surface area contributed by atoms with Crippen molar-refractivity contribution in [2.24, 2.45) is 10.8 Å². The SMILES string of the molecule is CC1(C)C=C(O)CC(C)(C)C1O. The minimum Gasteiger partial charge on any atom is -0.513 e. The molecule has 0 bridgehead atoms. The van der Waals surface area contributed by atoms with Crippen LogP contribution in [-0.2, 0) is 0 Å². The van der Waals surface area contributed by atoms with Gasteiger partial charge >= 0.3 is 0 Å². The van der Waals surface area contributed by atoms with E-state index < -0.39 is 0 Å². The van der Waals surface area contributed by atoms with E-state index in [1.807, 2.05) is 27.7 Å². The molecule has 70 valence electrons. The molecule has 1 aliphatic carbocycles. The Bertz CT molecular complexity index is 214. The smallest absolute Gasteiger partial charge is 0.0895 e. The van der Waals surface area contributed by atoms with Gasteiger partial charge in [0.25, 0.3) is 0 Å². The largest absolute Gasteiger partial charge is 0.513 e. The highest BCUT2D eigenvalue weighted by Crippen LogP contribution is 2.43. The van der Waals surface area contributed by atoms with Crippen LogP contribution in [0.1, 0.15) is 34.1 Å². The molecule has 0 aromatic rings. The molecular weight excluding hydrogens is 152 g/mol. The molecule has 0 saturated carbocycles. The van der Waals surface area contributed by atoms with Crippen LogP contribution in [0.4, 0.5) is 0 Å². The van der Waals surface area contributed by atoms with Crippen LogP contribution in [0.5, 0.6) is 0 Å². The Labute approximate surface area is 73.9 Å². The minimum atomic E-state index is -0.388. The summed E-state index contributed by atoms with van der Waals surface area (Å²) in [6.07, 6.45) is 1.93. The first-order valence-corrected chi connectivity index (χ1v) is 4.34. The maximum absolute atomic E-state index is 9.93. The number of allylic oxidation sites excluding steroid dienone is 1. The van der Waals surface area contributed by atoms with E-state index in [0.29, 0.717) is 12.2 Å². The van der Waals surface area contributed by atoms with Crippen LogP contribution in [0.3, 0.4) is 0 Å². The van der Waals surface area contributed by atoms with Crippen LogP contribution in [0.2, 0.25) is 0 Å². The zero-order valence-corrected chi connectivity index (χ0v) is 8.26. The molecule has 1 rings (SSSR count). The quantitative estimate of drug-likeness (QED) is 0.585. The molecule has 1 unspecified atom stereocenters. The van der Waals surface area contributed by atoms with Crippen molar-refractivity contribution in [3.05, 3.63) is 11.8 Å². The predicted octanol–water partition coefficient (Wildman–Crippen LogP) is 2.25. The fraction of sp³-hybridized carbons (Fsp3) is 0.800. The minimum absolute atomic E-state index is 0.220. The molecule has 0 amide bonds. The molecule has 0 fully saturated rings. The van der Waals surface area contributed by atoms with Gasteiger partial charge in [-0.15, -0.1) is 0 Å². The fourth-order valence-corrected chi connectivity index (χ4v) is 2.13. The van der Waals surface area contributed by atoms with E-state index in [1.54, 1.807) is 6.08 Å². The Kier molecular flexibility index (Phi) is 1.99. The average Bonchev–Trinajstić information content (AvgIpc) is 1.80. The molecule has 0 aromatic carbocycles. The van der Waals surface area contributed by atoms with Crippen molar-refractivity contribution in [3.8, 4) is 0 Å². The molecule has 0 spiro atoms. The van der Waals surface area contributed by atoms with Crippen LogP contribution >= 0.6 is 0 Å². The molecule has 0 aromatic heterocycles. The standard InChI is InChI=1S/C10H18O2/c1-9(2)5-7(11)6-10(3,4)8(9)12/h5,8,11-12H,6H2,1-4H3. The molecule has 2 heteroatoms. The second kappa shape index (κ2) is 2.49. The molecule has 2 N–H and O–H groups in total. The highest BCUT2D eigenvalue weighted by atomic mass is 16.3. The maximum atomic E-state index is 9.93. The first kappa shape index (κ1) is 9.59. The van der Waals surface area contributed by atoms with E-state index >= 15 is 0 Å². The van der Waals surface area contributed by atoms with Gasteiger partial charge in [-0.05, 0) is 11.5 Å². The second-order valence-electron chi connectivity index (χ2n) is 5.02. The predicted molar refractivity (Wildman–Crippen MR) is 48.9 cm³/mol. The van der Waals surface area contributed by atoms with Crippen molar-refractivity contribution >= 4 is 0 Å². The number of aliphatic hydroxyl groups is 2. The summed E-state index contributed by atoms with van der Waals surface area (Å²) in [7, 11) is 0. The summed E-state index contributed by atoms with van der Waals surface area (Å²) < 4.78 is 0. The van der Waals surface area contributed by atoms with Crippen molar-refractivity contribution in [2.75, 3.05) is 0 Å².